The number of rotatable bonds is 5. The molecule has 0 unspecified atom stereocenters. The van der Waals surface area contributed by atoms with Crippen LogP contribution in [0.1, 0.15) is 24.4 Å². The molecule has 130 valence electrons. The lowest BCUT2D eigenvalue weighted by atomic mass is 10.1. The van der Waals surface area contributed by atoms with Crippen molar-refractivity contribution in [2.24, 2.45) is 5.73 Å². The summed E-state index contributed by atoms with van der Waals surface area (Å²) in [7, 11) is 0. The molecular weight excluding hydrogens is 316 g/mol. The molecule has 1 heterocycles. The third kappa shape index (κ3) is 4.29. The number of nitrogens with one attached hydrogen (secondary N) is 2. The minimum atomic E-state index is -0.864. The molecule has 25 heavy (non-hydrogen) atoms. The number of amides is 3. The van der Waals surface area contributed by atoms with Gasteiger partial charge in [0.2, 0.25) is 0 Å². The van der Waals surface area contributed by atoms with Crippen molar-refractivity contribution in [3.8, 4) is 0 Å². The van der Waals surface area contributed by atoms with Gasteiger partial charge in [-0.2, -0.15) is 0 Å². The molecule has 0 spiro atoms. The predicted molar refractivity (Wildman–Crippen MR) is 98.4 cm³/mol. The monoisotopic (exact) mass is 338 g/mol. The molecule has 2 aromatic rings. The number of carbonyl (C=O) groups is 2. The van der Waals surface area contributed by atoms with Crippen LogP contribution in [-0.2, 0) is 4.79 Å². The van der Waals surface area contributed by atoms with Gasteiger partial charge < -0.3 is 16.0 Å². The Balaban J connectivity index is 1.77. The summed E-state index contributed by atoms with van der Waals surface area (Å²) in [6, 6.07) is 15.6. The molecule has 3 rings (SSSR count). The average Bonchev–Trinajstić information content (AvgIpc) is 3.15. The van der Waals surface area contributed by atoms with E-state index in [9.17, 15) is 9.59 Å². The van der Waals surface area contributed by atoms with Gasteiger partial charge in [-0.15, -0.1) is 0 Å². The Morgan fingerprint density at radius 3 is 2.20 bits per heavy atom. The van der Waals surface area contributed by atoms with Gasteiger partial charge in [-0.1, -0.05) is 30.3 Å². The molecule has 2 aromatic carbocycles. The van der Waals surface area contributed by atoms with E-state index >= 15 is 0 Å². The largest absolute Gasteiger partial charge is 0.372 e. The number of hydrogen-bond donors (Lipinski definition) is 3. The van der Waals surface area contributed by atoms with Crippen LogP contribution in [0.3, 0.4) is 0 Å². The van der Waals surface area contributed by atoms with Crippen molar-refractivity contribution in [1.82, 2.24) is 5.32 Å². The number of carbonyl (C=O) groups excluding carboxylic acids is 2. The Morgan fingerprint density at radius 1 is 0.960 bits per heavy atom. The van der Waals surface area contributed by atoms with Gasteiger partial charge in [0.1, 0.15) is 6.04 Å². The third-order valence-electron chi connectivity index (χ3n) is 4.29. The summed E-state index contributed by atoms with van der Waals surface area (Å²) in [5.41, 5.74) is 7.83. The van der Waals surface area contributed by atoms with E-state index < -0.39 is 18.0 Å². The first kappa shape index (κ1) is 16.8. The molecule has 1 saturated heterocycles. The summed E-state index contributed by atoms with van der Waals surface area (Å²) in [5, 5.41) is 5.33. The molecule has 3 amide bonds. The smallest absolute Gasteiger partial charge is 0.318 e. The zero-order valence-corrected chi connectivity index (χ0v) is 13.9. The van der Waals surface area contributed by atoms with Gasteiger partial charge >= 0.3 is 6.03 Å². The van der Waals surface area contributed by atoms with Gasteiger partial charge in [-0.3, -0.25) is 10.1 Å². The van der Waals surface area contributed by atoms with Crippen LogP contribution in [0.25, 0.3) is 0 Å². The van der Waals surface area contributed by atoms with Crippen LogP contribution in [-0.4, -0.2) is 25.0 Å². The number of hydrogen-bond acceptors (Lipinski definition) is 4. The lowest BCUT2D eigenvalue weighted by Crippen LogP contribution is -2.40. The van der Waals surface area contributed by atoms with Crippen molar-refractivity contribution in [2.75, 3.05) is 23.3 Å². The van der Waals surface area contributed by atoms with E-state index in [0.717, 1.165) is 24.3 Å². The fourth-order valence-corrected chi connectivity index (χ4v) is 3.05. The van der Waals surface area contributed by atoms with Crippen molar-refractivity contribution in [3.05, 3.63) is 60.2 Å². The van der Waals surface area contributed by atoms with Crippen molar-refractivity contribution in [1.29, 1.82) is 0 Å². The highest BCUT2D eigenvalue weighted by molar-refractivity contribution is 5.98. The molecule has 1 atom stereocenters. The zero-order chi connectivity index (χ0) is 17.6. The van der Waals surface area contributed by atoms with E-state index in [2.05, 4.69) is 15.5 Å². The normalized spacial score (nSPS) is 14.8. The number of imide groups is 1. The molecule has 0 aliphatic carbocycles. The van der Waals surface area contributed by atoms with Gasteiger partial charge in [0.15, 0.2) is 0 Å². The second-order valence-corrected chi connectivity index (χ2v) is 6.08. The molecule has 6 nitrogen and oxygen atoms in total. The number of nitrogens with two attached hydrogens (primary N) is 1. The Hall–Kier alpha value is -3.02. The maximum atomic E-state index is 12.4. The molecule has 0 saturated carbocycles. The standard InChI is InChI=1S/C19H22N4O2/c20-19(25)22-18(24)17(14-6-2-1-3-7-14)21-15-8-10-16(11-9-15)23-12-4-5-13-23/h1-3,6-11,17,21H,4-5,12-13H2,(H3,20,22,24,25)/t17-/m0/s1. The van der Waals surface area contributed by atoms with Gasteiger partial charge in [-0.05, 0) is 42.7 Å². The van der Waals surface area contributed by atoms with Crippen LogP contribution in [0, 0.1) is 0 Å². The summed E-state index contributed by atoms with van der Waals surface area (Å²) >= 11 is 0. The zero-order valence-electron chi connectivity index (χ0n) is 13.9. The molecule has 0 bridgehead atoms. The lowest BCUT2D eigenvalue weighted by Gasteiger charge is -2.21. The van der Waals surface area contributed by atoms with E-state index in [0.29, 0.717) is 0 Å². The first-order valence-electron chi connectivity index (χ1n) is 8.40. The quantitative estimate of drug-likeness (QED) is 0.782. The fourth-order valence-electron chi connectivity index (χ4n) is 3.05. The summed E-state index contributed by atoms with van der Waals surface area (Å²) < 4.78 is 0. The van der Waals surface area contributed by atoms with Crippen LogP contribution in [0.2, 0.25) is 0 Å². The number of anilines is 2. The highest BCUT2D eigenvalue weighted by Gasteiger charge is 2.21. The first-order chi connectivity index (χ1) is 12.1. The van der Waals surface area contributed by atoms with Gasteiger partial charge in [-0.25, -0.2) is 4.79 Å². The van der Waals surface area contributed by atoms with E-state index in [-0.39, 0.29) is 0 Å². The van der Waals surface area contributed by atoms with Crippen molar-refractivity contribution in [2.45, 2.75) is 18.9 Å². The molecule has 1 fully saturated rings. The van der Waals surface area contributed by atoms with Crippen molar-refractivity contribution < 1.29 is 9.59 Å². The average molecular weight is 338 g/mol. The summed E-state index contributed by atoms with van der Waals surface area (Å²) in [6.45, 7) is 2.17. The molecule has 6 heteroatoms. The van der Waals surface area contributed by atoms with E-state index in [1.165, 1.54) is 18.5 Å². The number of benzene rings is 2. The second kappa shape index (κ2) is 7.70. The van der Waals surface area contributed by atoms with Gasteiger partial charge in [0.05, 0.1) is 0 Å². The van der Waals surface area contributed by atoms with Crippen LogP contribution in [0.5, 0.6) is 0 Å². The Labute approximate surface area is 147 Å². The van der Waals surface area contributed by atoms with Crippen molar-refractivity contribution in [3.63, 3.8) is 0 Å². The third-order valence-corrected chi connectivity index (χ3v) is 4.29. The summed E-state index contributed by atoms with van der Waals surface area (Å²) in [4.78, 5) is 25.7. The van der Waals surface area contributed by atoms with E-state index in [4.69, 9.17) is 5.73 Å². The predicted octanol–water partition coefficient (Wildman–Crippen LogP) is 2.63. The lowest BCUT2D eigenvalue weighted by molar-refractivity contribution is -0.120. The minimum Gasteiger partial charge on any atom is -0.372 e. The Bertz CT molecular complexity index is 725. The minimum absolute atomic E-state index is 0.484. The van der Waals surface area contributed by atoms with Crippen LogP contribution in [0.4, 0.5) is 16.2 Å². The van der Waals surface area contributed by atoms with Crippen LogP contribution >= 0.6 is 0 Å². The molecule has 0 radical (unpaired) electrons. The van der Waals surface area contributed by atoms with Crippen LogP contribution < -0.4 is 21.3 Å². The topological polar surface area (TPSA) is 87.5 Å². The van der Waals surface area contributed by atoms with Crippen LogP contribution in [0.15, 0.2) is 54.6 Å². The first-order valence-corrected chi connectivity index (χ1v) is 8.40. The molecule has 1 aliphatic heterocycles. The van der Waals surface area contributed by atoms with E-state index in [1.54, 1.807) is 0 Å². The molecule has 4 N–H and O–H groups in total. The SMILES string of the molecule is NC(=O)NC(=O)[C@@H](Nc1ccc(N2CCCC2)cc1)c1ccccc1. The highest BCUT2D eigenvalue weighted by atomic mass is 16.2. The van der Waals surface area contributed by atoms with Crippen molar-refractivity contribution >= 4 is 23.3 Å². The maximum Gasteiger partial charge on any atom is 0.318 e. The summed E-state index contributed by atoms with van der Waals surface area (Å²) in [5.74, 6) is -0.484. The highest BCUT2D eigenvalue weighted by Crippen LogP contribution is 2.25. The Kier molecular flexibility index (Phi) is 5.18. The molecule has 1 aliphatic rings. The number of nitrogens with zero attached hydrogens (tertiary/aromatic N) is 1. The fraction of sp³-hybridized carbons (Fsp3) is 0.263. The molecular formula is C19H22N4O2. The van der Waals surface area contributed by atoms with Gasteiger partial charge in [0, 0.05) is 24.5 Å². The Morgan fingerprint density at radius 2 is 1.60 bits per heavy atom. The molecule has 0 aromatic heterocycles. The number of urea groups is 1. The maximum absolute atomic E-state index is 12.4. The second-order valence-electron chi connectivity index (χ2n) is 6.08. The number of primary amides is 1. The van der Waals surface area contributed by atoms with E-state index in [1.807, 2.05) is 54.6 Å². The van der Waals surface area contributed by atoms with Gasteiger partial charge in [0.25, 0.3) is 5.91 Å². The summed E-state index contributed by atoms with van der Waals surface area (Å²) in [6.07, 6.45) is 2.45.